The number of benzene rings is 1. The molecule has 8 heteroatoms. The lowest BCUT2D eigenvalue weighted by molar-refractivity contribution is 0.416. The summed E-state index contributed by atoms with van der Waals surface area (Å²) in [6.07, 6.45) is 0.334. The monoisotopic (exact) mass is 304 g/mol. The maximum Gasteiger partial charge on any atom is 0.330 e. The van der Waals surface area contributed by atoms with Crippen molar-refractivity contribution < 1.29 is 9.50 Å². The minimum atomic E-state index is -0.701. The van der Waals surface area contributed by atoms with Crippen molar-refractivity contribution in [3.63, 3.8) is 0 Å². The Morgan fingerprint density at radius 1 is 1.32 bits per heavy atom. The molecular formula is C14H13FN4O3. The van der Waals surface area contributed by atoms with Gasteiger partial charge in [-0.05, 0) is 17.7 Å². The summed E-state index contributed by atoms with van der Waals surface area (Å²) in [5.74, 6) is -0.774. The molecule has 1 atom stereocenters. The smallest absolute Gasteiger partial charge is 0.330 e. The van der Waals surface area contributed by atoms with E-state index >= 15 is 0 Å². The highest BCUT2D eigenvalue weighted by molar-refractivity contribution is 6.03. The Labute approximate surface area is 123 Å². The van der Waals surface area contributed by atoms with Gasteiger partial charge in [-0.15, -0.1) is 0 Å². The van der Waals surface area contributed by atoms with E-state index in [-0.39, 0.29) is 17.4 Å². The van der Waals surface area contributed by atoms with Crippen LogP contribution in [-0.2, 0) is 7.05 Å². The molecule has 1 aliphatic heterocycles. The second-order valence-corrected chi connectivity index (χ2v) is 5.01. The van der Waals surface area contributed by atoms with Crippen molar-refractivity contribution in [3.8, 4) is 5.88 Å². The van der Waals surface area contributed by atoms with E-state index in [4.69, 9.17) is 0 Å². The van der Waals surface area contributed by atoms with E-state index in [9.17, 15) is 19.1 Å². The molecule has 0 radical (unpaired) electrons. The first-order chi connectivity index (χ1) is 10.5. The van der Waals surface area contributed by atoms with Crippen LogP contribution < -0.4 is 16.7 Å². The lowest BCUT2D eigenvalue weighted by atomic mass is 10.00. The summed E-state index contributed by atoms with van der Waals surface area (Å²) in [7, 11) is 1.34. The predicted molar refractivity (Wildman–Crippen MR) is 77.4 cm³/mol. The molecule has 0 aliphatic carbocycles. The van der Waals surface area contributed by atoms with Gasteiger partial charge in [-0.2, -0.15) is 5.10 Å². The summed E-state index contributed by atoms with van der Waals surface area (Å²) >= 11 is 0. The third-order valence-corrected chi connectivity index (χ3v) is 3.61. The van der Waals surface area contributed by atoms with Gasteiger partial charge in [0.1, 0.15) is 11.4 Å². The molecule has 2 aromatic rings. The van der Waals surface area contributed by atoms with Crippen LogP contribution in [0.2, 0.25) is 0 Å². The second kappa shape index (κ2) is 5.14. The van der Waals surface area contributed by atoms with Crippen LogP contribution in [-0.4, -0.2) is 20.4 Å². The third-order valence-electron chi connectivity index (χ3n) is 3.61. The molecule has 0 fully saturated rings. The number of hydrogen-bond acceptors (Lipinski definition) is 5. The Morgan fingerprint density at radius 3 is 2.68 bits per heavy atom. The van der Waals surface area contributed by atoms with Gasteiger partial charge in [0.2, 0.25) is 5.88 Å². The number of nitrogens with one attached hydrogen (secondary N) is 2. The number of hydrogen-bond donors (Lipinski definition) is 3. The fourth-order valence-electron chi connectivity index (χ4n) is 2.35. The van der Waals surface area contributed by atoms with Crippen LogP contribution in [0.4, 0.5) is 4.39 Å². The Hall–Kier alpha value is -2.90. The third kappa shape index (κ3) is 2.28. The summed E-state index contributed by atoms with van der Waals surface area (Å²) in [6, 6.07) is 5.69. The molecular weight excluding hydrogens is 291 g/mol. The number of H-pyrrole nitrogens is 1. The topological polar surface area (TPSA) is 99.5 Å². The van der Waals surface area contributed by atoms with Gasteiger partial charge in [-0.3, -0.25) is 14.3 Å². The van der Waals surface area contributed by atoms with Crippen molar-refractivity contribution in [3.05, 3.63) is 62.0 Å². The SMILES string of the molecule is Cn1c(O)c(C2=NN[C@@H](c3ccc(F)cc3)C2)c(=O)[nH]c1=O. The van der Waals surface area contributed by atoms with Crippen LogP contribution in [0.5, 0.6) is 5.88 Å². The highest BCUT2D eigenvalue weighted by Gasteiger charge is 2.26. The molecule has 0 saturated heterocycles. The second-order valence-electron chi connectivity index (χ2n) is 5.01. The Balaban J connectivity index is 1.93. The van der Waals surface area contributed by atoms with E-state index in [1.807, 2.05) is 0 Å². The molecule has 0 unspecified atom stereocenters. The first-order valence-electron chi connectivity index (χ1n) is 6.57. The van der Waals surface area contributed by atoms with Crippen molar-refractivity contribution in [2.75, 3.05) is 0 Å². The molecule has 22 heavy (non-hydrogen) atoms. The quantitative estimate of drug-likeness (QED) is 0.745. The zero-order valence-corrected chi connectivity index (χ0v) is 11.6. The van der Waals surface area contributed by atoms with Crippen molar-refractivity contribution >= 4 is 5.71 Å². The van der Waals surface area contributed by atoms with Crippen molar-refractivity contribution in [1.29, 1.82) is 0 Å². The number of rotatable bonds is 2. The largest absolute Gasteiger partial charge is 0.494 e. The minimum absolute atomic E-state index is 0.0424. The molecule has 0 amide bonds. The Morgan fingerprint density at radius 2 is 2.00 bits per heavy atom. The molecule has 0 saturated carbocycles. The fourth-order valence-corrected chi connectivity index (χ4v) is 2.35. The van der Waals surface area contributed by atoms with Crippen LogP contribution in [0.3, 0.4) is 0 Å². The molecule has 7 nitrogen and oxygen atoms in total. The molecule has 2 heterocycles. The summed E-state index contributed by atoms with van der Waals surface area (Å²) in [4.78, 5) is 25.4. The molecule has 1 aliphatic rings. The highest BCUT2D eigenvalue weighted by atomic mass is 19.1. The predicted octanol–water partition coefficient (Wildman–Crippen LogP) is 0.357. The van der Waals surface area contributed by atoms with E-state index in [1.165, 1.54) is 19.2 Å². The lowest BCUT2D eigenvalue weighted by Gasteiger charge is -2.10. The Kier molecular flexibility index (Phi) is 3.28. The Bertz CT molecular complexity index is 867. The summed E-state index contributed by atoms with van der Waals surface area (Å²) in [6.45, 7) is 0. The van der Waals surface area contributed by atoms with E-state index in [0.29, 0.717) is 12.1 Å². The van der Waals surface area contributed by atoms with Crippen LogP contribution in [0, 0.1) is 5.82 Å². The van der Waals surface area contributed by atoms with Gasteiger partial charge in [-0.1, -0.05) is 12.1 Å². The van der Waals surface area contributed by atoms with E-state index in [2.05, 4.69) is 15.5 Å². The van der Waals surface area contributed by atoms with Gasteiger partial charge in [0.05, 0.1) is 11.8 Å². The molecule has 3 rings (SSSR count). The highest BCUT2D eigenvalue weighted by Crippen LogP contribution is 2.25. The standard InChI is InChI=1S/C14H13FN4O3/c1-19-13(21)11(12(20)16-14(19)22)10-6-9(17-18-10)7-2-4-8(15)5-3-7/h2-5,9,17,21H,6H2,1H3,(H,16,20,22)/t9-/m1/s1. The maximum absolute atomic E-state index is 12.9. The van der Waals surface area contributed by atoms with Crippen LogP contribution in [0.25, 0.3) is 0 Å². The van der Waals surface area contributed by atoms with Gasteiger partial charge in [0.25, 0.3) is 5.56 Å². The van der Waals surface area contributed by atoms with Crippen LogP contribution in [0.1, 0.15) is 23.6 Å². The number of halogens is 1. The van der Waals surface area contributed by atoms with Crippen LogP contribution in [0.15, 0.2) is 39.0 Å². The molecule has 1 aromatic carbocycles. The average Bonchev–Trinajstić information content (AvgIpc) is 2.95. The summed E-state index contributed by atoms with van der Waals surface area (Å²) < 4.78 is 13.9. The van der Waals surface area contributed by atoms with Crippen molar-refractivity contribution in [1.82, 2.24) is 15.0 Å². The van der Waals surface area contributed by atoms with Gasteiger partial charge in [-0.25, -0.2) is 9.18 Å². The van der Waals surface area contributed by atoms with E-state index in [1.54, 1.807) is 12.1 Å². The van der Waals surface area contributed by atoms with E-state index < -0.39 is 17.1 Å². The van der Waals surface area contributed by atoms with Crippen LogP contribution >= 0.6 is 0 Å². The molecule has 1 aromatic heterocycles. The number of hydrazone groups is 1. The first-order valence-corrected chi connectivity index (χ1v) is 6.57. The van der Waals surface area contributed by atoms with Gasteiger partial charge < -0.3 is 10.5 Å². The number of nitrogens with zero attached hydrogens (tertiary/aromatic N) is 2. The number of aromatic amines is 1. The summed E-state index contributed by atoms with van der Waals surface area (Å²) in [5, 5.41) is 14.1. The normalized spacial score (nSPS) is 17.2. The zero-order valence-electron chi connectivity index (χ0n) is 11.6. The molecule has 3 N–H and O–H groups in total. The lowest BCUT2D eigenvalue weighted by Crippen LogP contribution is -2.32. The summed E-state index contributed by atoms with van der Waals surface area (Å²) in [5.41, 5.74) is 2.55. The van der Waals surface area contributed by atoms with Gasteiger partial charge in [0, 0.05) is 13.5 Å². The number of aromatic hydroxyl groups is 1. The zero-order chi connectivity index (χ0) is 15.9. The molecule has 114 valence electrons. The van der Waals surface area contributed by atoms with Gasteiger partial charge >= 0.3 is 5.69 Å². The average molecular weight is 304 g/mol. The maximum atomic E-state index is 12.9. The van der Waals surface area contributed by atoms with Gasteiger partial charge in [0.15, 0.2) is 0 Å². The first kappa shape index (κ1) is 14.1. The number of aromatic nitrogens is 2. The van der Waals surface area contributed by atoms with Crippen molar-refractivity contribution in [2.24, 2.45) is 12.1 Å². The van der Waals surface area contributed by atoms with E-state index in [0.717, 1.165) is 10.1 Å². The molecule has 0 bridgehead atoms. The minimum Gasteiger partial charge on any atom is -0.494 e. The fraction of sp³-hybridized carbons (Fsp3) is 0.214. The molecule has 0 spiro atoms. The van der Waals surface area contributed by atoms with Crippen molar-refractivity contribution in [2.45, 2.75) is 12.5 Å².